The molecule has 2 aromatic rings. The third kappa shape index (κ3) is 3.35. The minimum absolute atomic E-state index is 0.141. The Morgan fingerprint density at radius 3 is 2.79 bits per heavy atom. The lowest BCUT2D eigenvalue weighted by atomic mass is 9.95. The van der Waals surface area contributed by atoms with Crippen molar-refractivity contribution in [3.05, 3.63) is 41.2 Å². The number of hydrogen-bond acceptors (Lipinski definition) is 3. The van der Waals surface area contributed by atoms with E-state index in [1.807, 2.05) is 31.2 Å². The molecule has 124 valence electrons. The van der Waals surface area contributed by atoms with E-state index in [1.165, 1.54) is 6.42 Å². The maximum absolute atomic E-state index is 12.5. The second-order valence-electron chi connectivity index (χ2n) is 6.27. The van der Waals surface area contributed by atoms with E-state index in [9.17, 15) is 10.1 Å². The molecule has 1 fully saturated rings. The molecule has 1 aliphatic rings. The Hall–Kier alpha value is -2.54. The Kier molecular flexibility index (Phi) is 5.00. The Labute approximate surface area is 142 Å². The molecule has 0 radical (unpaired) electrons. The van der Waals surface area contributed by atoms with Crippen molar-refractivity contribution in [2.24, 2.45) is 0 Å². The molecule has 1 amide bonds. The number of carbonyl (C=O) groups is 1. The normalized spacial score (nSPS) is 16.1. The van der Waals surface area contributed by atoms with Crippen molar-refractivity contribution in [2.75, 3.05) is 0 Å². The van der Waals surface area contributed by atoms with Gasteiger partial charge < -0.3 is 9.73 Å². The molecule has 1 aromatic heterocycles. The van der Waals surface area contributed by atoms with E-state index in [1.54, 1.807) is 6.08 Å². The van der Waals surface area contributed by atoms with Crippen molar-refractivity contribution < 1.29 is 9.21 Å². The highest BCUT2D eigenvalue weighted by Crippen LogP contribution is 2.28. The van der Waals surface area contributed by atoms with Gasteiger partial charge in [0.05, 0.1) is 0 Å². The summed E-state index contributed by atoms with van der Waals surface area (Å²) in [4.78, 5) is 12.5. The first-order chi connectivity index (χ1) is 11.7. The van der Waals surface area contributed by atoms with E-state index >= 15 is 0 Å². The molecule has 24 heavy (non-hydrogen) atoms. The molecule has 0 bridgehead atoms. The molecule has 1 saturated carbocycles. The van der Waals surface area contributed by atoms with Gasteiger partial charge in [-0.3, -0.25) is 4.79 Å². The maximum atomic E-state index is 12.5. The van der Waals surface area contributed by atoms with Gasteiger partial charge in [0, 0.05) is 23.4 Å². The molecule has 1 aliphatic carbocycles. The van der Waals surface area contributed by atoms with Crippen LogP contribution in [0.25, 0.3) is 17.0 Å². The molecule has 4 nitrogen and oxygen atoms in total. The number of benzene rings is 1. The van der Waals surface area contributed by atoms with Crippen molar-refractivity contribution in [3.8, 4) is 6.07 Å². The van der Waals surface area contributed by atoms with Crippen LogP contribution in [-0.4, -0.2) is 11.9 Å². The molecule has 0 atom stereocenters. The van der Waals surface area contributed by atoms with E-state index in [0.717, 1.165) is 48.0 Å². The molecule has 1 aromatic carbocycles. The summed E-state index contributed by atoms with van der Waals surface area (Å²) in [6.07, 6.45) is 7.89. The fourth-order valence-corrected chi connectivity index (χ4v) is 3.34. The van der Waals surface area contributed by atoms with Gasteiger partial charge in [0.1, 0.15) is 23.0 Å². The molecule has 1 N–H and O–H groups in total. The Bertz CT molecular complexity index is 805. The molecule has 1 heterocycles. The smallest absolute Gasteiger partial charge is 0.262 e. The van der Waals surface area contributed by atoms with Crippen LogP contribution < -0.4 is 5.32 Å². The van der Waals surface area contributed by atoms with E-state index in [4.69, 9.17) is 4.42 Å². The highest BCUT2D eigenvalue weighted by Gasteiger charge is 2.19. The van der Waals surface area contributed by atoms with Gasteiger partial charge in [-0.2, -0.15) is 5.26 Å². The summed E-state index contributed by atoms with van der Waals surface area (Å²) in [5, 5.41) is 13.4. The summed E-state index contributed by atoms with van der Waals surface area (Å²) in [6.45, 7) is 2.00. The van der Waals surface area contributed by atoms with Crippen LogP contribution in [0.4, 0.5) is 0 Å². The SMILES string of the molecule is CCc1oc2ccccc2c1/C=C(\C#N)C(=O)NC1CCCCC1. The lowest BCUT2D eigenvalue weighted by Gasteiger charge is -2.22. The van der Waals surface area contributed by atoms with Gasteiger partial charge >= 0.3 is 0 Å². The summed E-state index contributed by atoms with van der Waals surface area (Å²) in [6, 6.07) is 9.95. The fourth-order valence-electron chi connectivity index (χ4n) is 3.34. The van der Waals surface area contributed by atoms with Crippen LogP contribution in [0.5, 0.6) is 0 Å². The standard InChI is InChI=1S/C20H22N2O2/c1-2-18-17(16-10-6-7-11-19(16)24-18)12-14(13-21)20(23)22-15-8-4-3-5-9-15/h6-7,10-12,15H,2-5,8-9H2,1H3,(H,22,23)/b14-12+. The second kappa shape index (κ2) is 7.35. The van der Waals surface area contributed by atoms with E-state index < -0.39 is 0 Å². The predicted octanol–water partition coefficient (Wildman–Crippen LogP) is 4.35. The Morgan fingerprint density at radius 1 is 1.33 bits per heavy atom. The van der Waals surface area contributed by atoms with Crippen molar-refractivity contribution in [2.45, 2.75) is 51.5 Å². The van der Waals surface area contributed by atoms with Crippen molar-refractivity contribution in [1.82, 2.24) is 5.32 Å². The number of nitrogens with zero attached hydrogens (tertiary/aromatic N) is 1. The first-order valence-electron chi connectivity index (χ1n) is 8.66. The highest BCUT2D eigenvalue weighted by molar-refractivity contribution is 6.04. The molecular formula is C20H22N2O2. The molecule has 4 heteroatoms. The zero-order valence-corrected chi connectivity index (χ0v) is 14.0. The summed E-state index contributed by atoms with van der Waals surface area (Å²) < 4.78 is 5.84. The first-order valence-corrected chi connectivity index (χ1v) is 8.66. The van der Waals surface area contributed by atoms with E-state index in [2.05, 4.69) is 11.4 Å². The number of fused-ring (bicyclic) bond motifs is 1. The lowest BCUT2D eigenvalue weighted by molar-refractivity contribution is -0.117. The zero-order chi connectivity index (χ0) is 16.9. The van der Waals surface area contributed by atoms with Crippen LogP contribution in [0, 0.1) is 11.3 Å². The summed E-state index contributed by atoms with van der Waals surface area (Å²) in [5.74, 6) is 0.520. The topological polar surface area (TPSA) is 66.0 Å². The Morgan fingerprint density at radius 2 is 2.08 bits per heavy atom. The van der Waals surface area contributed by atoms with Crippen LogP contribution in [-0.2, 0) is 11.2 Å². The minimum atomic E-state index is -0.281. The third-order valence-corrected chi connectivity index (χ3v) is 4.63. The number of aryl methyl sites for hydroxylation is 1. The summed E-state index contributed by atoms with van der Waals surface area (Å²) in [7, 11) is 0. The van der Waals surface area contributed by atoms with Crippen LogP contribution in [0.15, 0.2) is 34.3 Å². The van der Waals surface area contributed by atoms with Gasteiger partial charge in [0.2, 0.25) is 0 Å². The number of hydrogen-bond donors (Lipinski definition) is 1. The number of nitrogens with one attached hydrogen (secondary N) is 1. The van der Waals surface area contributed by atoms with Gasteiger partial charge in [0.15, 0.2) is 0 Å². The van der Waals surface area contributed by atoms with E-state index in [-0.39, 0.29) is 17.5 Å². The molecule has 0 aliphatic heterocycles. The van der Waals surface area contributed by atoms with Crippen molar-refractivity contribution >= 4 is 23.0 Å². The summed E-state index contributed by atoms with van der Waals surface area (Å²) in [5.41, 5.74) is 1.76. The zero-order valence-electron chi connectivity index (χ0n) is 14.0. The molecule has 0 spiro atoms. The highest BCUT2D eigenvalue weighted by atomic mass is 16.3. The number of rotatable bonds is 4. The van der Waals surface area contributed by atoms with Crippen molar-refractivity contribution in [1.29, 1.82) is 5.26 Å². The number of carbonyl (C=O) groups excluding carboxylic acids is 1. The molecule has 0 saturated heterocycles. The number of nitriles is 1. The van der Waals surface area contributed by atoms with Gasteiger partial charge in [-0.15, -0.1) is 0 Å². The molecular weight excluding hydrogens is 300 g/mol. The molecule has 3 rings (SSSR count). The quantitative estimate of drug-likeness (QED) is 0.672. The van der Waals surface area contributed by atoms with Crippen LogP contribution >= 0.6 is 0 Å². The molecule has 0 unspecified atom stereocenters. The van der Waals surface area contributed by atoms with Gasteiger partial charge in [0.25, 0.3) is 5.91 Å². The number of amides is 1. The van der Waals surface area contributed by atoms with E-state index in [0.29, 0.717) is 6.42 Å². The minimum Gasteiger partial charge on any atom is -0.460 e. The van der Waals surface area contributed by atoms with Crippen LogP contribution in [0.1, 0.15) is 50.4 Å². The number of para-hydroxylation sites is 1. The average molecular weight is 322 g/mol. The fraction of sp³-hybridized carbons (Fsp3) is 0.400. The maximum Gasteiger partial charge on any atom is 0.262 e. The van der Waals surface area contributed by atoms with Gasteiger partial charge in [-0.05, 0) is 25.0 Å². The number of furan rings is 1. The first kappa shape index (κ1) is 16.3. The largest absolute Gasteiger partial charge is 0.460 e. The predicted molar refractivity (Wildman–Crippen MR) is 94.2 cm³/mol. The van der Waals surface area contributed by atoms with Crippen LogP contribution in [0.2, 0.25) is 0 Å². The van der Waals surface area contributed by atoms with Crippen molar-refractivity contribution in [3.63, 3.8) is 0 Å². The monoisotopic (exact) mass is 322 g/mol. The summed E-state index contributed by atoms with van der Waals surface area (Å²) >= 11 is 0. The van der Waals surface area contributed by atoms with Crippen LogP contribution in [0.3, 0.4) is 0 Å². The second-order valence-corrected chi connectivity index (χ2v) is 6.27. The third-order valence-electron chi connectivity index (χ3n) is 4.63. The van der Waals surface area contributed by atoms with Gasteiger partial charge in [-0.1, -0.05) is 44.4 Å². The lowest BCUT2D eigenvalue weighted by Crippen LogP contribution is -2.36. The Balaban J connectivity index is 1.90. The average Bonchev–Trinajstić information content (AvgIpc) is 2.98. The van der Waals surface area contributed by atoms with Gasteiger partial charge in [-0.25, -0.2) is 0 Å².